The van der Waals surface area contributed by atoms with Crippen molar-refractivity contribution < 1.29 is 13.9 Å². The second kappa shape index (κ2) is 7.27. The van der Waals surface area contributed by atoms with Crippen molar-refractivity contribution in [2.45, 2.75) is 39.7 Å². The van der Waals surface area contributed by atoms with Gasteiger partial charge in [0.15, 0.2) is 6.10 Å². The molecule has 1 amide bonds. The van der Waals surface area contributed by atoms with Gasteiger partial charge < -0.3 is 10.1 Å². The average Bonchev–Trinajstić information content (AvgIpc) is 2.49. The van der Waals surface area contributed by atoms with Crippen LogP contribution in [0, 0.1) is 12.7 Å². The fourth-order valence-corrected chi connectivity index (χ4v) is 2.24. The Morgan fingerprint density at radius 3 is 2.35 bits per heavy atom. The summed E-state index contributed by atoms with van der Waals surface area (Å²) in [7, 11) is 0. The maximum Gasteiger partial charge on any atom is 0.265 e. The Hall–Kier alpha value is -2.36. The smallest absolute Gasteiger partial charge is 0.265 e. The third kappa shape index (κ3) is 4.55. The number of carbonyl (C=O) groups excluding carboxylic acids is 1. The van der Waals surface area contributed by atoms with E-state index in [9.17, 15) is 9.18 Å². The number of rotatable bonds is 5. The maximum atomic E-state index is 12.9. The molecule has 0 aromatic heterocycles. The first-order valence-corrected chi connectivity index (χ1v) is 7.70. The SMILES string of the molecule is Cc1ccc(C(C)C)c(O[C@H](C)C(=O)Nc2ccc(F)cc2)c1. The summed E-state index contributed by atoms with van der Waals surface area (Å²) in [5, 5.41) is 2.72. The quantitative estimate of drug-likeness (QED) is 0.871. The van der Waals surface area contributed by atoms with E-state index < -0.39 is 6.10 Å². The van der Waals surface area contributed by atoms with E-state index in [0.29, 0.717) is 11.6 Å². The molecule has 23 heavy (non-hydrogen) atoms. The molecule has 0 aliphatic carbocycles. The Balaban J connectivity index is 2.09. The highest BCUT2D eigenvalue weighted by Gasteiger charge is 2.17. The molecule has 0 aliphatic rings. The summed E-state index contributed by atoms with van der Waals surface area (Å²) in [5.41, 5.74) is 2.69. The van der Waals surface area contributed by atoms with Gasteiger partial charge in [-0.05, 0) is 61.2 Å². The van der Waals surface area contributed by atoms with Crippen LogP contribution in [0.1, 0.15) is 37.8 Å². The highest BCUT2D eigenvalue weighted by Crippen LogP contribution is 2.28. The first-order valence-electron chi connectivity index (χ1n) is 7.70. The molecular weight excluding hydrogens is 293 g/mol. The fourth-order valence-electron chi connectivity index (χ4n) is 2.24. The van der Waals surface area contributed by atoms with E-state index in [1.54, 1.807) is 6.92 Å². The van der Waals surface area contributed by atoms with Gasteiger partial charge in [-0.25, -0.2) is 4.39 Å². The molecule has 4 heteroatoms. The first kappa shape index (κ1) is 17.0. The lowest BCUT2D eigenvalue weighted by Gasteiger charge is -2.19. The second-order valence-electron chi connectivity index (χ2n) is 5.95. The van der Waals surface area contributed by atoms with E-state index in [1.165, 1.54) is 24.3 Å². The van der Waals surface area contributed by atoms with Crippen LogP contribution < -0.4 is 10.1 Å². The van der Waals surface area contributed by atoms with Gasteiger partial charge >= 0.3 is 0 Å². The van der Waals surface area contributed by atoms with Crippen molar-refractivity contribution >= 4 is 11.6 Å². The molecule has 0 bridgehead atoms. The third-order valence-corrected chi connectivity index (χ3v) is 3.58. The molecule has 2 aromatic carbocycles. The number of aryl methyl sites for hydroxylation is 1. The van der Waals surface area contributed by atoms with E-state index in [2.05, 4.69) is 19.2 Å². The zero-order chi connectivity index (χ0) is 17.0. The topological polar surface area (TPSA) is 38.3 Å². The van der Waals surface area contributed by atoms with Crippen molar-refractivity contribution in [3.05, 3.63) is 59.4 Å². The van der Waals surface area contributed by atoms with Crippen molar-refractivity contribution in [3.8, 4) is 5.75 Å². The minimum absolute atomic E-state index is 0.271. The molecule has 1 atom stereocenters. The number of hydrogen-bond acceptors (Lipinski definition) is 2. The summed E-state index contributed by atoms with van der Waals surface area (Å²) < 4.78 is 18.7. The number of halogens is 1. The lowest BCUT2D eigenvalue weighted by Crippen LogP contribution is -2.30. The molecule has 122 valence electrons. The monoisotopic (exact) mass is 315 g/mol. The minimum atomic E-state index is -0.653. The van der Waals surface area contributed by atoms with Crippen molar-refractivity contribution in [1.29, 1.82) is 0 Å². The van der Waals surface area contributed by atoms with E-state index in [4.69, 9.17) is 4.74 Å². The van der Waals surface area contributed by atoms with Gasteiger partial charge in [0, 0.05) is 5.69 Å². The van der Waals surface area contributed by atoms with E-state index in [1.807, 2.05) is 25.1 Å². The number of benzene rings is 2. The van der Waals surface area contributed by atoms with Crippen LogP contribution in [0.4, 0.5) is 10.1 Å². The van der Waals surface area contributed by atoms with E-state index in [0.717, 1.165) is 16.9 Å². The van der Waals surface area contributed by atoms with Gasteiger partial charge in [-0.1, -0.05) is 26.0 Å². The first-order chi connectivity index (χ1) is 10.9. The van der Waals surface area contributed by atoms with Crippen LogP contribution in [0.2, 0.25) is 0 Å². The van der Waals surface area contributed by atoms with Crippen molar-refractivity contribution in [1.82, 2.24) is 0 Å². The fraction of sp³-hybridized carbons (Fsp3) is 0.316. The molecule has 0 saturated carbocycles. The van der Waals surface area contributed by atoms with Gasteiger partial charge in [0.25, 0.3) is 5.91 Å². The van der Waals surface area contributed by atoms with Gasteiger partial charge in [-0.15, -0.1) is 0 Å². The molecule has 0 unspecified atom stereocenters. The van der Waals surface area contributed by atoms with Crippen molar-refractivity contribution in [3.63, 3.8) is 0 Å². The summed E-state index contributed by atoms with van der Waals surface area (Å²) >= 11 is 0. The normalized spacial score (nSPS) is 12.1. The number of hydrogen-bond donors (Lipinski definition) is 1. The van der Waals surface area contributed by atoms with Crippen LogP contribution in [0.5, 0.6) is 5.75 Å². The molecule has 0 aliphatic heterocycles. The molecule has 2 rings (SSSR count). The largest absolute Gasteiger partial charge is 0.481 e. The standard InChI is InChI=1S/C19H22FNO2/c1-12(2)17-10-5-13(3)11-18(17)23-14(4)19(22)21-16-8-6-15(20)7-9-16/h5-12,14H,1-4H3,(H,21,22)/t14-/m1/s1. The molecule has 3 nitrogen and oxygen atoms in total. The number of ether oxygens (including phenoxy) is 1. The van der Waals surface area contributed by atoms with Gasteiger partial charge in [-0.2, -0.15) is 0 Å². The number of anilines is 1. The number of nitrogens with one attached hydrogen (secondary N) is 1. The Labute approximate surface area is 136 Å². The van der Waals surface area contributed by atoms with E-state index >= 15 is 0 Å². The summed E-state index contributed by atoms with van der Waals surface area (Å²) in [6.07, 6.45) is -0.653. The van der Waals surface area contributed by atoms with Crippen LogP contribution in [-0.4, -0.2) is 12.0 Å². The van der Waals surface area contributed by atoms with Gasteiger partial charge in [0.1, 0.15) is 11.6 Å². The molecule has 0 fully saturated rings. The predicted molar refractivity (Wildman–Crippen MR) is 90.4 cm³/mol. The van der Waals surface area contributed by atoms with Crippen LogP contribution in [0.15, 0.2) is 42.5 Å². The van der Waals surface area contributed by atoms with E-state index in [-0.39, 0.29) is 11.7 Å². The van der Waals surface area contributed by atoms with Crippen LogP contribution in [0.25, 0.3) is 0 Å². The predicted octanol–water partition coefficient (Wildman–Crippen LogP) is 4.66. The highest BCUT2D eigenvalue weighted by atomic mass is 19.1. The molecule has 0 heterocycles. The Kier molecular flexibility index (Phi) is 5.37. The van der Waals surface area contributed by atoms with Crippen molar-refractivity contribution in [2.24, 2.45) is 0 Å². The molecule has 2 aromatic rings. The minimum Gasteiger partial charge on any atom is -0.481 e. The number of amides is 1. The summed E-state index contributed by atoms with van der Waals surface area (Å²) in [6, 6.07) is 11.7. The Morgan fingerprint density at radius 1 is 1.09 bits per heavy atom. The highest BCUT2D eigenvalue weighted by molar-refractivity contribution is 5.94. The summed E-state index contributed by atoms with van der Waals surface area (Å²) in [5.74, 6) is 0.418. The van der Waals surface area contributed by atoms with Gasteiger partial charge in [0.05, 0.1) is 0 Å². The van der Waals surface area contributed by atoms with Gasteiger partial charge in [0.2, 0.25) is 0 Å². The Bertz CT molecular complexity index is 680. The maximum absolute atomic E-state index is 12.9. The van der Waals surface area contributed by atoms with Gasteiger partial charge in [-0.3, -0.25) is 4.79 Å². The van der Waals surface area contributed by atoms with Crippen LogP contribution in [-0.2, 0) is 4.79 Å². The summed E-state index contributed by atoms with van der Waals surface area (Å²) in [6.45, 7) is 7.85. The molecule has 1 N–H and O–H groups in total. The third-order valence-electron chi connectivity index (χ3n) is 3.58. The van der Waals surface area contributed by atoms with Crippen LogP contribution in [0.3, 0.4) is 0 Å². The zero-order valence-corrected chi connectivity index (χ0v) is 13.9. The summed E-state index contributed by atoms with van der Waals surface area (Å²) in [4.78, 5) is 12.2. The molecule has 0 spiro atoms. The molecule has 0 radical (unpaired) electrons. The lowest BCUT2D eigenvalue weighted by atomic mass is 10.0. The Morgan fingerprint density at radius 2 is 1.74 bits per heavy atom. The molecular formula is C19H22FNO2. The van der Waals surface area contributed by atoms with Crippen LogP contribution >= 0.6 is 0 Å². The zero-order valence-electron chi connectivity index (χ0n) is 13.9. The molecule has 0 saturated heterocycles. The van der Waals surface area contributed by atoms with Crippen molar-refractivity contribution in [2.75, 3.05) is 5.32 Å². The number of carbonyl (C=O) groups is 1. The average molecular weight is 315 g/mol. The second-order valence-corrected chi connectivity index (χ2v) is 5.95. The lowest BCUT2D eigenvalue weighted by molar-refractivity contribution is -0.122.